The van der Waals surface area contributed by atoms with Crippen LogP contribution in [0.3, 0.4) is 0 Å². The van der Waals surface area contributed by atoms with Crippen LogP contribution in [0.1, 0.15) is 53.5 Å². The summed E-state index contributed by atoms with van der Waals surface area (Å²) in [6.45, 7) is 8.96. The third kappa shape index (κ3) is 4.55. The molecule has 4 aliphatic heterocycles. The number of rotatable bonds is 2. The molecule has 2 aromatic carbocycles. The highest BCUT2D eigenvalue weighted by Gasteiger charge is 2.44. The van der Waals surface area contributed by atoms with Crippen LogP contribution in [0.15, 0.2) is 46.7 Å². The maximum Gasteiger partial charge on any atom is 0.168 e. The zero-order valence-corrected chi connectivity index (χ0v) is 20.1. The first-order valence-corrected chi connectivity index (χ1v) is 11.9. The van der Waals surface area contributed by atoms with Gasteiger partial charge >= 0.3 is 0 Å². The monoisotopic (exact) mass is 464 g/mol. The smallest absolute Gasteiger partial charge is 0.168 e. The molecule has 0 aliphatic carbocycles. The zero-order valence-electron chi connectivity index (χ0n) is 20.1. The van der Waals surface area contributed by atoms with Crippen molar-refractivity contribution in [3.05, 3.63) is 64.2 Å². The van der Waals surface area contributed by atoms with E-state index in [0.717, 1.165) is 61.4 Å². The Kier molecular flexibility index (Phi) is 6.08. The molecule has 2 saturated heterocycles. The number of nitrogens with zero attached hydrogens (tertiary/aromatic N) is 2. The van der Waals surface area contributed by atoms with Gasteiger partial charge in [-0.25, -0.2) is 0 Å². The van der Waals surface area contributed by atoms with E-state index >= 15 is 0 Å². The van der Waals surface area contributed by atoms with Crippen LogP contribution in [0.5, 0.6) is 5.75 Å². The molecule has 2 spiro atoms. The molecule has 0 aromatic heterocycles. The summed E-state index contributed by atoms with van der Waals surface area (Å²) in [4.78, 5) is 11.1. The summed E-state index contributed by atoms with van der Waals surface area (Å²) in [5.41, 5.74) is 7.25. The average molecular weight is 465 g/mol. The Morgan fingerprint density at radius 2 is 1.24 bits per heavy atom. The van der Waals surface area contributed by atoms with Gasteiger partial charge in [0.2, 0.25) is 0 Å². The molecular formula is C27H32N2O5. The Labute approximate surface area is 200 Å². The third-order valence-corrected chi connectivity index (χ3v) is 7.18. The molecule has 4 aliphatic rings. The number of hydrogen-bond acceptors (Lipinski definition) is 7. The summed E-state index contributed by atoms with van der Waals surface area (Å²) in [7, 11) is 0. The lowest BCUT2D eigenvalue weighted by atomic mass is 9.92. The minimum atomic E-state index is -0.235. The number of benzene rings is 2. The molecule has 4 heterocycles. The van der Waals surface area contributed by atoms with Crippen molar-refractivity contribution in [1.82, 2.24) is 0 Å². The van der Waals surface area contributed by atoms with Crippen molar-refractivity contribution in [3.8, 4) is 5.75 Å². The Morgan fingerprint density at radius 3 is 1.71 bits per heavy atom. The number of hydrogen-bond donors (Lipinski definition) is 1. The first kappa shape index (κ1) is 22.9. The molecule has 1 N–H and O–H groups in total. The number of aryl methyl sites for hydroxylation is 3. The van der Waals surface area contributed by atoms with Gasteiger partial charge in [0.05, 0.1) is 37.9 Å². The lowest BCUT2D eigenvalue weighted by molar-refractivity contribution is -0.0238. The van der Waals surface area contributed by atoms with Gasteiger partial charge in [0.25, 0.3) is 0 Å². The molecule has 180 valence electrons. The van der Waals surface area contributed by atoms with E-state index in [2.05, 4.69) is 42.4 Å². The minimum Gasteiger partial charge on any atom is -0.508 e. The second-order valence-corrected chi connectivity index (χ2v) is 9.88. The molecule has 7 nitrogen and oxygen atoms in total. The van der Waals surface area contributed by atoms with Gasteiger partial charge in [-0.2, -0.15) is 0 Å². The van der Waals surface area contributed by atoms with Crippen molar-refractivity contribution in [3.63, 3.8) is 0 Å². The van der Waals surface area contributed by atoms with E-state index in [0.29, 0.717) is 19.0 Å². The van der Waals surface area contributed by atoms with Gasteiger partial charge in [-0.3, -0.25) is 0 Å². The predicted molar refractivity (Wildman–Crippen MR) is 130 cm³/mol. The highest BCUT2D eigenvalue weighted by Crippen LogP contribution is 2.35. The Bertz CT molecular complexity index is 1040. The molecule has 2 atom stereocenters. The SMILES string of the molecule is Cc1cc(C2=NOC3(CCOC3)C2)ccc1O.Cc1ccc(C2=NOC3(CCOC3)C2)cc1C. The molecule has 2 fully saturated rings. The van der Waals surface area contributed by atoms with Gasteiger partial charge in [0, 0.05) is 25.7 Å². The number of phenols is 1. The van der Waals surface area contributed by atoms with E-state index in [4.69, 9.17) is 19.1 Å². The van der Waals surface area contributed by atoms with Crippen molar-refractivity contribution >= 4 is 11.4 Å². The zero-order chi connectivity index (χ0) is 23.8. The van der Waals surface area contributed by atoms with E-state index in [1.807, 2.05) is 19.1 Å². The largest absolute Gasteiger partial charge is 0.508 e. The van der Waals surface area contributed by atoms with Gasteiger partial charge in [0.1, 0.15) is 5.75 Å². The Hall–Kier alpha value is -2.90. The topological polar surface area (TPSA) is 81.9 Å². The first-order chi connectivity index (χ1) is 16.4. The van der Waals surface area contributed by atoms with Crippen LogP contribution >= 0.6 is 0 Å². The van der Waals surface area contributed by atoms with Crippen LogP contribution in [-0.2, 0) is 19.1 Å². The van der Waals surface area contributed by atoms with E-state index in [1.165, 1.54) is 16.7 Å². The van der Waals surface area contributed by atoms with Crippen molar-refractivity contribution in [1.29, 1.82) is 0 Å². The fourth-order valence-electron chi connectivity index (χ4n) is 4.71. The second-order valence-electron chi connectivity index (χ2n) is 9.88. The summed E-state index contributed by atoms with van der Waals surface area (Å²) in [5, 5.41) is 17.9. The van der Waals surface area contributed by atoms with Crippen LogP contribution in [0.4, 0.5) is 0 Å². The lowest BCUT2D eigenvalue weighted by Gasteiger charge is -2.17. The predicted octanol–water partition coefficient (Wildman–Crippen LogP) is 4.57. The molecule has 0 bridgehead atoms. The summed E-state index contributed by atoms with van der Waals surface area (Å²) in [6.07, 6.45) is 3.51. The molecule has 7 heteroatoms. The fourth-order valence-corrected chi connectivity index (χ4v) is 4.71. The maximum absolute atomic E-state index is 9.50. The lowest BCUT2D eigenvalue weighted by Crippen LogP contribution is -2.29. The van der Waals surface area contributed by atoms with Gasteiger partial charge in [0.15, 0.2) is 11.2 Å². The fraction of sp³-hybridized carbons (Fsp3) is 0.481. The number of ether oxygens (including phenoxy) is 2. The van der Waals surface area contributed by atoms with E-state index < -0.39 is 0 Å². The quantitative estimate of drug-likeness (QED) is 0.704. The van der Waals surface area contributed by atoms with E-state index in [-0.39, 0.29) is 11.2 Å². The van der Waals surface area contributed by atoms with E-state index in [9.17, 15) is 5.11 Å². The van der Waals surface area contributed by atoms with Crippen LogP contribution in [0, 0.1) is 20.8 Å². The molecule has 0 saturated carbocycles. The molecule has 0 amide bonds. The molecule has 34 heavy (non-hydrogen) atoms. The van der Waals surface area contributed by atoms with Crippen molar-refractivity contribution < 1.29 is 24.3 Å². The van der Waals surface area contributed by atoms with Gasteiger partial charge < -0.3 is 24.3 Å². The van der Waals surface area contributed by atoms with Gasteiger partial charge in [-0.1, -0.05) is 22.4 Å². The van der Waals surface area contributed by atoms with Crippen molar-refractivity contribution in [2.75, 3.05) is 26.4 Å². The number of phenolic OH excluding ortho intramolecular Hbond substituents is 1. The van der Waals surface area contributed by atoms with Crippen LogP contribution in [0.25, 0.3) is 0 Å². The average Bonchev–Trinajstić information content (AvgIpc) is 3.64. The Morgan fingerprint density at radius 1 is 0.706 bits per heavy atom. The number of oxime groups is 2. The molecule has 2 aromatic rings. The second kappa shape index (κ2) is 9.04. The normalized spacial score (nSPS) is 27.3. The standard InChI is InChI=1S/C14H17NO2.C13H15NO3/c1-10-3-4-12(7-11(10)2)13-8-14(17-15-13)5-6-16-9-14;1-9-6-10(2-3-12(9)15)11-7-13(17-14-11)4-5-16-8-13/h3-4,7H,5-6,8-9H2,1-2H3;2-3,6,15H,4-5,7-8H2,1H3. The first-order valence-electron chi connectivity index (χ1n) is 11.9. The van der Waals surface area contributed by atoms with Crippen molar-refractivity contribution in [2.45, 2.75) is 57.7 Å². The third-order valence-electron chi connectivity index (χ3n) is 7.18. The summed E-state index contributed by atoms with van der Waals surface area (Å²) in [5.74, 6) is 0.312. The van der Waals surface area contributed by atoms with Gasteiger partial charge in [-0.15, -0.1) is 0 Å². The van der Waals surface area contributed by atoms with Crippen LogP contribution in [0.2, 0.25) is 0 Å². The van der Waals surface area contributed by atoms with Crippen LogP contribution in [-0.4, -0.2) is 54.2 Å². The molecular weight excluding hydrogens is 432 g/mol. The molecule has 2 unspecified atom stereocenters. The highest BCUT2D eigenvalue weighted by atomic mass is 16.7. The summed E-state index contributed by atoms with van der Waals surface area (Å²) < 4.78 is 10.8. The summed E-state index contributed by atoms with van der Waals surface area (Å²) in [6, 6.07) is 12.0. The maximum atomic E-state index is 9.50. The van der Waals surface area contributed by atoms with Crippen LogP contribution < -0.4 is 0 Å². The molecule has 0 radical (unpaired) electrons. The van der Waals surface area contributed by atoms with Gasteiger partial charge in [-0.05, 0) is 72.9 Å². The molecule has 6 rings (SSSR count). The highest BCUT2D eigenvalue weighted by molar-refractivity contribution is 6.02. The van der Waals surface area contributed by atoms with Crippen molar-refractivity contribution in [2.24, 2.45) is 10.3 Å². The van der Waals surface area contributed by atoms with E-state index in [1.54, 1.807) is 6.07 Å². The Balaban J connectivity index is 0.000000142. The minimum absolute atomic E-state index is 0.172. The summed E-state index contributed by atoms with van der Waals surface area (Å²) >= 11 is 0. The number of aromatic hydroxyl groups is 1.